The van der Waals surface area contributed by atoms with E-state index in [0.29, 0.717) is 5.92 Å². The van der Waals surface area contributed by atoms with E-state index in [2.05, 4.69) is 53.5 Å². The van der Waals surface area contributed by atoms with Gasteiger partial charge < -0.3 is 0 Å². The summed E-state index contributed by atoms with van der Waals surface area (Å²) in [5.41, 5.74) is 6.00. The number of nitrogens with one attached hydrogen (secondary N) is 1. The van der Waals surface area contributed by atoms with E-state index in [1.807, 2.05) is 0 Å². The predicted molar refractivity (Wildman–Crippen MR) is 71.7 cm³/mol. The van der Waals surface area contributed by atoms with Gasteiger partial charge in [-0.15, -0.1) is 0 Å². The minimum Gasteiger partial charge on any atom is -0.271 e. The van der Waals surface area contributed by atoms with Gasteiger partial charge in [0.15, 0.2) is 0 Å². The lowest BCUT2D eigenvalue weighted by atomic mass is 9.98. The highest BCUT2D eigenvalue weighted by atomic mass is 15.2. The van der Waals surface area contributed by atoms with Crippen LogP contribution in [0.25, 0.3) is 0 Å². The molecule has 4 nitrogen and oxygen atoms in total. The van der Waals surface area contributed by atoms with Gasteiger partial charge in [-0.3, -0.25) is 15.8 Å². The minimum absolute atomic E-state index is 0.125. The molecular formula is C14H18N4. The van der Waals surface area contributed by atoms with Crippen LogP contribution in [0.4, 0.5) is 0 Å². The van der Waals surface area contributed by atoms with Crippen molar-refractivity contribution in [3.63, 3.8) is 0 Å². The van der Waals surface area contributed by atoms with Crippen LogP contribution in [0.3, 0.4) is 0 Å². The summed E-state index contributed by atoms with van der Waals surface area (Å²) in [5, 5.41) is 0. The average molecular weight is 242 g/mol. The highest BCUT2D eigenvalue weighted by molar-refractivity contribution is 5.30. The lowest BCUT2D eigenvalue weighted by Gasteiger charge is -2.16. The smallest absolute Gasteiger partial charge is 0.0897 e. The third kappa shape index (κ3) is 2.72. The van der Waals surface area contributed by atoms with Crippen molar-refractivity contribution in [2.24, 2.45) is 5.84 Å². The fourth-order valence-corrected chi connectivity index (χ4v) is 1.89. The molecule has 1 atom stereocenters. The van der Waals surface area contributed by atoms with Gasteiger partial charge in [-0.1, -0.05) is 38.1 Å². The monoisotopic (exact) mass is 242 g/mol. The van der Waals surface area contributed by atoms with Gasteiger partial charge in [0, 0.05) is 12.4 Å². The SMILES string of the molecule is CC(C)c1ccc(C(NN)c2cnccn2)cc1. The first kappa shape index (κ1) is 12.7. The summed E-state index contributed by atoms with van der Waals surface area (Å²) in [6.45, 7) is 4.35. The number of nitrogens with two attached hydrogens (primary N) is 1. The Bertz CT molecular complexity index is 479. The number of aromatic nitrogens is 2. The van der Waals surface area contributed by atoms with E-state index in [-0.39, 0.29) is 6.04 Å². The first-order chi connectivity index (χ1) is 8.72. The molecule has 0 aliphatic heterocycles. The fraction of sp³-hybridized carbons (Fsp3) is 0.286. The van der Waals surface area contributed by atoms with Crippen LogP contribution in [0.1, 0.15) is 42.6 Å². The molecule has 1 heterocycles. The Hall–Kier alpha value is -1.78. The van der Waals surface area contributed by atoms with Crippen molar-refractivity contribution in [2.45, 2.75) is 25.8 Å². The molecule has 4 heteroatoms. The van der Waals surface area contributed by atoms with Crippen molar-refractivity contribution in [1.29, 1.82) is 0 Å². The third-order valence-corrected chi connectivity index (χ3v) is 2.98. The average Bonchev–Trinajstić information content (AvgIpc) is 2.41. The van der Waals surface area contributed by atoms with Gasteiger partial charge in [-0.25, -0.2) is 5.43 Å². The van der Waals surface area contributed by atoms with Gasteiger partial charge in [0.05, 0.1) is 17.9 Å². The summed E-state index contributed by atoms with van der Waals surface area (Å²) >= 11 is 0. The highest BCUT2D eigenvalue weighted by Crippen LogP contribution is 2.21. The van der Waals surface area contributed by atoms with Crippen LogP contribution >= 0.6 is 0 Å². The highest BCUT2D eigenvalue weighted by Gasteiger charge is 2.13. The first-order valence-electron chi connectivity index (χ1n) is 6.04. The second-order valence-electron chi connectivity index (χ2n) is 4.55. The quantitative estimate of drug-likeness (QED) is 0.637. The molecule has 1 unspecified atom stereocenters. The van der Waals surface area contributed by atoms with Crippen LogP contribution in [0.5, 0.6) is 0 Å². The zero-order chi connectivity index (χ0) is 13.0. The number of hydrazine groups is 1. The topological polar surface area (TPSA) is 63.8 Å². The van der Waals surface area contributed by atoms with Crippen molar-refractivity contribution in [3.8, 4) is 0 Å². The standard InChI is InChI=1S/C14H18N4/c1-10(2)11-3-5-12(6-4-11)14(18-15)13-9-16-7-8-17-13/h3-10,14,18H,15H2,1-2H3. The number of hydrogen-bond acceptors (Lipinski definition) is 4. The molecule has 0 spiro atoms. The molecule has 0 saturated carbocycles. The Balaban J connectivity index is 2.28. The zero-order valence-corrected chi connectivity index (χ0v) is 10.7. The van der Waals surface area contributed by atoms with Crippen molar-refractivity contribution in [3.05, 3.63) is 59.7 Å². The second-order valence-corrected chi connectivity index (χ2v) is 4.55. The first-order valence-corrected chi connectivity index (χ1v) is 6.04. The van der Waals surface area contributed by atoms with Gasteiger partial charge in [-0.05, 0) is 17.0 Å². The van der Waals surface area contributed by atoms with Crippen molar-refractivity contribution < 1.29 is 0 Å². The second kappa shape index (κ2) is 5.71. The van der Waals surface area contributed by atoms with Gasteiger partial charge in [0.25, 0.3) is 0 Å². The van der Waals surface area contributed by atoms with Crippen LogP contribution in [-0.2, 0) is 0 Å². The Morgan fingerprint density at radius 1 is 1.06 bits per heavy atom. The molecule has 94 valence electrons. The number of nitrogens with zero attached hydrogens (tertiary/aromatic N) is 2. The molecule has 0 bridgehead atoms. The van der Waals surface area contributed by atoms with E-state index in [0.717, 1.165) is 11.3 Å². The van der Waals surface area contributed by atoms with Crippen LogP contribution in [0.2, 0.25) is 0 Å². The molecule has 1 aromatic carbocycles. The maximum absolute atomic E-state index is 5.62. The minimum atomic E-state index is -0.125. The van der Waals surface area contributed by atoms with Crippen LogP contribution in [-0.4, -0.2) is 9.97 Å². The normalized spacial score (nSPS) is 12.7. The molecule has 2 rings (SSSR count). The van der Waals surface area contributed by atoms with Gasteiger partial charge in [0.1, 0.15) is 0 Å². The lowest BCUT2D eigenvalue weighted by molar-refractivity contribution is 0.617. The molecule has 3 N–H and O–H groups in total. The van der Waals surface area contributed by atoms with Crippen molar-refractivity contribution in [2.75, 3.05) is 0 Å². The zero-order valence-electron chi connectivity index (χ0n) is 10.7. The van der Waals surface area contributed by atoms with Crippen molar-refractivity contribution >= 4 is 0 Å². The van der Waals surface area contributed by atoms with E-state index in [1.165, 1.54) is 5.56 Å². The lowest BCUT2D eigenvalue weighted by Crippen LogP contribution is -2.29. The van der Waals surface area contributed by atoms with Gasteiger partial charge in [0.2, 0.25) is 0 Å². The van der Waals surface area contributed by atoms with Crippen molar-refractivity contribution in [1.82, 2.24) is 15.4 Å². The molecular weight excluding hydrogens is 224 g/mol. The van der Waals surface area contributed by atoms with Crippen LogP contribution < -0.4 is 11.3 Å². The Kier molecular flexibility index (Phi) is 4.02. The van der Waals surface area contributed by atoms with Crippen LogP contribution in [0, 0.1) is 0 Å². The summed E-state index contributed by atoms with van der Waals surface area (Å²) in [7, 11) is 0. The molecule has 18 heavy (non-hydrogen) atoms. The van der Waals surface area contributed by atoms with Crippen LogP contribution in [0.15, 0.2) is 42.9 Å². The number of rotatable bonds is 4. The van der Waals surface area contributed by atoms with E-state index < -0.39 is 0 Å². The number of benzene rings is 1. The summed E-state index contributed by atoms with van der Waals surface area (Å²) in [6, 6.07) is 8.28. The van der Waals surface area contributed by atoms with E-state index >= 15 is 0 Å². The maximum atomic E-state index is 5.62. The van der Waals surface area contributed by atoms with Gasteiger partial charge >= 0.3 is 0 Å². The Morgan fingerprint density at radius 2 is 1.72 bits per heavy atom. The maximum Gasteiger partial charge on any atom is 0.0897 e. The molecule has 0 aliphatic carbocycles. The summed E-state index contributed by atoms with van der Waals surface area (Å²) < 4.78 is 0. The summed E-state index contributed by atoms with van der Waals surface area (Å²) in [5.74, 6) is 6.14. The Labute approximate surface area is 107 Å². The molecule has 0 radical (unpaired) electrons. The largest absolute Gasteiger partial charge is 0.271 e. The predicted octanol–water partition coefficient (Wildman–Crippen LogP) is 2.15. The Morgan fingerprint density at radius 3 is 2.22 bits per heavy atom. The van der Waals surface area contributed by atoms with E-state index in [4.69, 9.17) is 5.84 Å². The molecule has 0 aliphatic rings. The molecule has 0 fully saturated rings. The van der Waals surface area contributed by atoms with E-state index in [1.54, 1.807) is 18.6 Å². The molecule has 0 amide bonds. The summed E-state index contributed by atoms with van der Waals surface area (Å²) in [6.07, 6.45) is 5.04. The van der Waals surface area contributed by atoms with E-state index in [9.17, 15) is 0 Å². The molecule has 0 saturated heterocycles. The third-order valence-electron chi connectivity index (χ3n) is 2.98. The summed E-state index contributed by atoms with van der Waals surface area (Å²) in [4.78, 5) is 8.35. The molecule has 1 aromatic heterocycles. The number of hydrogen-bond donors (Lipinski definition) is 2. The molecule has 2 aromatic rings. The fourth-order valence-electron chi connectivity index (χ4n) is 1.89. The van der Waals surface area contributed by atoms with Gasteiger partial charge in [-0.2, -0.15) is 0 Å².